The van der Waals surface area contributed by atoms with E-state index in [2.05, 4.69) is 26.4 Å². The third-order valence-electron chi connectivity index (χ3n) is 6.10. The Labute approximate surface area is 217 Å². The van der Waals surface area contributed by atoms with Gasteiger partial charge in [-0.1, -0.05) is 48.5 Å². The number of carbonyl (C=O) groups is 1. The van der Waals surface area contributed by atoms with Crippen LogP contribution in [0.4, 0.5) is 8.78 Å². The molecule has 190 valence electrons. The van der Waals surface area contributed by atoms with E-state index in [1.165, 1.54) is 23.4 Å². The molecule has 9 heteroatoms. The fourth-order valence-electron chi connectivity index (χ4n) is 4.18. The number of nitrogens with zero attached hydrogens (tertiary/aromatic N) is 4. The molecule has 0 aliphatic carbocycles. The predicted octanol–water partition coefficient (Wildman–Crippen LogP) is 4.49. The Morgan fingerprint density at radius 2 is 1.84 bits per heavy atom. The van der Waals surface area contributed by atoms with E-state index in [0.717, 1.165) is 34.2 Å². The first-order valence-corrected chi connectivity index (χ1v) is 11.8. The Morgan fingerprint density at radius 3 is 2.61 bits per heavy atom. The third-order valence-corrected chi connectivity index (χ3v) is 6.10. The number of amides is 1. The predicted molar refractivity (Wildman–Crippen MR) is 139 cm³/mol. The van der Waals surface area contributed by atoms with E-state index in [0.29, 0.717) is 11.8 Å². The van der Waals surface area contributed by atoms with Crippen LogP contribution >= 0.6 is 0 Å². The molecule has 1 atom stereocenters. The lowest BCUT2D eigenvalue weighted by molar-refractivity contribution is -0.118. The summed E-state index contributed by atoms with van der Waals surface area (Å²) in [5, 5.41) is 18.8. The smallest absolute Gasteiger partial charge is 0.244 e. The Bertz CT molecular complexity index is 1610. The highest BCUT2D eigenvalue weighted by Crippen LogP contribution is 2.26. The van der Waals surface area contributed by atoms with Crippen LogP contribution in [0.25, 0.3) is 28.1 Å². The number of halogens is 2. The Balaban J connectivity index is 1.30. The van der Waals surface area contributed by atoms with E-state index in [-0.39, 0.29) is 18.7 Å². The minimum Gasteiger partial charge on any atom is -0.381 e. The molecule has 0 bridgehead atoms. The highest BCUT2D eigenvalue weighted by Gasteiger charge is 2.34. The quantitative estimate of drug-likeness (QED) is 0.300. The maximum absolute atomic E-state index is 14.5. The van der Waals surface area contributed by atoms with E-state index in [1.807, 2.05) is 48.5 Å². The van der Waals surface area contributed by atoms with Gasteiger partial charge in [0.2, 0.25) is 5.91 Å². The van der Waals surface area contributed by atoms with Gasteiger partial charge in [-0.05, 0) is 41.5 Å². The molecule has 0 fully saturated rings. The zero-order valence-electron chi connectivity index (χ0n) is 20.1. The lowest BCUT2D eigenvalue weighted by Crippen LogP contribution is -2.44. The highest BCUT2D eigenvalue weighted by atomic mass is 19.1. The molecule has 1 unspecified atom stereocenters. The Hall–Kier alpha value is -4.76. The summed E-state index contributed by atoms with van der Waals surface area (Å²) in [5.74, 6) is -2.24. The zero-order chi connectivity index (χ0) is 26.5. The molecular weight excluding hydrogens is 488 g/mol. The minimum atomic E-state index is -1.91. The fourth-order valence-corrected chi connectivity index (χ4v) is 4.18. The molecule has 0 aliphatic rings. The van der Waals surface area contributed by atoms with Gasteiger partial charge in [-0.3, -0.25) is 4.79 Å². The van der Waals surface area contributed by atoms with Crippen LogP contribution in [0.3, 0.4) is 0 Å². The molecule has 5 rings (SSSR count). The molecule has 0 saturated carbocycles. The number of fused-ring (bicyclic) bond motifs is 1. The molecule has 2 aromatic heterocycles. The van der Waals surface area contributed by atoms with Crippen molar-refractivity contribution in [3.63, 3.8) is 0 Å². The first-order valence-electron chi connectivity index (χ1n) is 11.8. The number of carbonyl (C=O) groups excluding carboxylic acids is 1. The molecule has 7 nitrogen and oxygen atoms in total. The summed E-state index contributed by atoms with van der Waals surface area (Å²) in [7, 11) is 0. The summed E-state index contributed by atoms with van der Waals surface area (Å²) in [6.07, 6.45) is 5.45. The van der Waals surface area contributed by atoms with Crippen LogP contribution < -0.4 is 5.32 Å². The number of rotatable bonds is 8. The van der Waals surface area contributed by atoms with Crippen LogP contribution in [0, 0.1) is 11.6 Å². The summed E-state index contributed by atoms with van der Waals surface area (Å²) in [6, 6.07) is 22.6. The van der Waals surface area contributed by atoms with Crippen LogP contribution in [0.2, 0.25) is 0 Å². The van der Waals surface area contributed by atoms with Gasteiger partial charge in [-0.15, -0.1) is 0 Å². The molecule has 0 spiro atoms. The maximum atomic E-state index is 14.5. The molecule has 1 amide bonds. The third kappa shape index (κ3) is 5.63. The normalized spacial score (nSPS) is 13.0. The number of pyridine rings is 1. The summed E-state index contributed by atoms with van der Waals surface area (Å²) in [6.45, 7) is -0.567. The van der Waals surface area contributed by atoms with E-state index in [9.17, 15) is 18.7 Å². The van der Waals surface area contributed by atoms with E-state index in [1.54, 1.807) is 12.1 Å². The molecular formula is C29H23F2N5O2. The SMILES string of the molecule is O=C(C=Cc1ccc2cc(-c3ccccc3)ccc2n1)NCC(O)(Cn1cncn1)c1ccc(F)cc1F. The van der Waals surface area contributed by atoms with Crippen molar-refractivity contribution in [2.75, 3.05) is 6.54 Å². The molecule has 5 aromatic rings. The van der Waals surface area contributed by atoms with Gasteiger partial charge in [0.25, 0.3) is 0 Å². The van der Waals surface area contributed by atoms with Gasteiger partial charge >= 0.3 is 0 Å². The number of nitrogens with one attached hydrogen (secondary N) is 1. The standard InChI is InChI=1S/C29H23F2N5O2/c30-23-8-11-25(26(31)15-23)29(38,17-36-19-32-18-34-36)16-33-28(37)13-10-24-9-6-22-14-21(7-12-27(22)35-24)20-4-2-1-3-5-20/h1-15,18-19,38H,16-17H2,(H,33,37). The van der Waals surface area contributed by atoms with Crippen molar-refractivity contribution in [3.8, 4) is 11.1 Å². The molecule has 0 aliphatic heterocycles. The number of benzene rings is 3. The summed E-state index contributed by atoms with van der Waals surface area (Å²) in [4.78, 5) is 21.0. The summed E-state index contributed by atoms with van der Waals surface area (Å²) >= 11 is 0. The topological polar surface area (TPSA) is 92.9 Å². The fraction of sp³-hybridized carbons (Fsp3) is 0.103. The number of hydrogen-bond acceptors (Lipinski definition) is 5. The van der Waals surface area contributed by atoms with Crippen LogP contribution in [0.1, 0.15) is 11.3 Å². The molecule has 2 N–H and O–H groups in total. The molecule has 0 radical (unpaired) electrons. The van der Waals surface area contributed by atoms with Crippen molar-refractivity contribution >= 4 is 22.9 Å². The van der Waals surface area contributed by atoms with Gasteiger partial charge in [-0.25, -0.2) is 23.4 Å². The Morgan fingerprint density at radius 1 is 1.00 bits per heavy atom. The molecule has 2 heterocycles. The van der Waals surface area contributed by atoms with Gasteiger partial charge in [0.05, 0.1) is 24.3 Å². The lowest BCUT2D eigenvalue weighted by Gasteiger charge is -2.29. The average Bonchev–Trinajstić information content (AvgIpc) is 3.43. The lowest BCUT2D eigenvalue weighted by atomic mass is 9.92. The van der Waals surface area contributed by atoms with Gasteiger partial charge in [0.15, 0.2) is 0 Å². The van der Waals surface area contributed by atoms with E-state index < -0.39 is 23.1 Å². The average molecular weight is 512 g/mol. The van der Waals surface area contributed by atoms with Crippen molar-refractivity contribution in [2.24, 2.45) is 0 Å². The second-order valence-corrected chi connectivity index (χ2v) is 8.81. The van der Waals surface area contributed by atoms with Crippen LogP contribution in [0.5, 0.6) is 0 Å². The summed E-state index contributed by atoms with van der Waals surface area (Å²) < 4.78 is 29.3. The number of aliphatic hydroxyl groups is 1. The second kappa shape index (κ2) is 10.7. The second-order valence-electron chi connectivity index (χ2n) is 8.81. The van der Waals surface area contributed by atoms with Crippen molar-refractivity contribution in [1.82, 2.24) is 25.1 Å². The zero-order valence-corrected chi connectivity index (χ0v) is 20.1. The monoisotopic (exact) mass is 511 g/mol. The van der Waals surface area contributed by atoms with Gasteiger partial charge in [0, 0.05) is 23.1 Å². The Kier molecular flexibility index (Phi) is 7.01. The molecule has 3 aromatic carbocycles. The van der Waals surface area contributed by atoms with Crippen LogP contribution in [-0.4, -0.2) is 37.3 Å². The number of hydrogen-bond donors (Lipinski definition) is 2. The largest absolute Gasteiger partial charge is 0.381 e. The molecule has 38 heavy (non-hydrogen) atoms. The van der Waals surface area contributed by atoms with E-state index >= 15 is 0 Å². The van der Waals surface area contributed by atoms with Gasteiger partial charge in [0.1, 0.15) is 29.9 Å². The van der Waals surface area contributed by atoms with Crippen molar-refractivity contribution in [1.29, 1.82) is 0 Å². The first kappa shape index (κ1) is 24.9. The van der Waals surface area contributed by atoms with Crippen LogP contribution in [0.15, 0.2) is 97.6 Å². The van der Waals surface area contributed by atoms with Crippen molar-refractivity contribution in [2.45, 2.75) is 12.1 Å². The van der Waals surface area contributed by atoms with E-state index in [4.69, 9.17) is 0 Å². The number of aromatic nitrogens is 4. The first-order chi connectivity index (χ1) is 18.4. The molecule has 0 saturated heterocycles. The maximum Gasteiger partial charge on any atom is 0.244 e. The van der Waals surface area contributed by atoms with Crippen molar-refractivity contribution < 1.29 is 18.7 Å². The van der Waals surface area contributed by atoms with Crippen molar-refractivity contribution in [3.05, 3.63) is 120 Å². The van der Waals surface area contributed by atoms with Gasteiger partial charge in [-0.2, -0.15) is 5.10 Å². The van der Waals surface area contributed by atoms with Gasteiger partial charge < -0.3 is 10.4 Å². The highest BCUT2D eigenvalue weighted by molar-refractivity contribution is 5.92. The minimum absolute atomic E-state index is 0.176. The summed E-state index contributed by atoms with van der Waals surface area (Å²) in [5.41, 5.74) is 1.46. The van der Waals surface area contributed by atoms with Crippen LogP contribution in [-0.2, 0) is 16.9 Å².